The maximum absolute atomic E-state index is 13.5. The van der Waals surface area contributed by atoms with Gasteiger partial charge in [-0.3, -0.25) is 4.79 Å². The van der Waals surface area contributed by atoms with Gasteiger partial charge in [-0.05, 0) is 27.8 Å². The second-order valence-corrected chi connectivity index (χ2v) is 8.11. The third-order valence-electron chi connectivity index (χ3n) is 5.83. The molecule has 4 rings (SSSR count). The summed E-state index contributed by atoms with van der Waals surface area (Å²) in [5, 5.41) is 2.95. The second kappa shape index (κ2) is 11.1. The standard InChI is InChI=1S/C30H27NO3/c1-34-30(33)27(21-22-17-19-24(20-18-22)23-11-5-2-6-12-23)31-29(32)28(25-13-7-3-8-14-25)26-15-9-4-10-16-26/h2-20,27-28H,21H2,1H3,(H,31,32)/t27-/m0/s1. The molecule has 0 unspecified atom stereocenters. The van der Waals surface area contributed by atoms with Crippen molar-refractivity contribution < 1.29 is 14.3 Å². The van der Waals surface area contributed by atoms with Crippen molar-refractivity contribution in [3.8, 4) is 11.1 Å². The second-order valence-electron chi connectivity index (χ2n) is 8.11. The average Bonchev–Trinajstić information content (AvgIpc) is 2.90. The van der Waals surface area contributed by atoms with Crippen LogP contribution in [-0.2, 0) is 20.7 Å². The van der Waals surface area contributed by atoms with Gasteiger partial charge in [0.1, 0.15) is 6.04 Å². The highest BCUT2D eigenvalue weighted by atomic mass is 16.5. The summed E-state index contributed by atoms with van der Waals surface area (Å²) in [5.74, 6) is -1.25. The molecule has 4 aromatic carbocycles. The minimum Gasteiger partial charge on any atom is -0.467 e. The highest BCUT2D eigenvalue weighted by Crippen LogP contribution is 2.25. The number of amides is 1. The van der Waals surface area contributed by atoms with Crippen LogP contribution in [0.15, 0.2) is 115 Å². The van der Waals surface area contributed by atoms with E-state index >= 15 is 0 Å². The van der Waals surface area contributed by atoms with Gasteiger partial charge in [0.2, 0.25) is 5.91 Å². The summed E-state index contributed by atoms with van der Waals surface area (Å²) in [4.78, 5) is 26.1. The van der Waals surface area contributed by atoms with Crippen LogP contribution in [0.25, 0.3) is 11.1 Å². The Hall–Kier alpha value is -4.18. The largest absolute Gasteiger partial charge is 0.467 e. The number of ether oxygens (including phenoxy) is 1. The fourth-order valence-corrected chi connectivity index (χ4v) is 4.08. The lowest BCUT2D eigenvalue weighted by atomic mass is 9.90. The lowest BCUT2D eigenvalue weighted by Gasteiger charge is -2.22. The van der Waals surface area contributed by atoms with Crippen molar-refractivity contribution in [1.82, 2.24) is 5.32 Å². The first-order valence-corrected chi connectivity index (χ1v) is 11.3. The number of carbonyl (C=O) groups is 2. The van der Waals surface area contributed by atoms with Crippen molar-refractivity contribution in [2.24, 2.45) is 0 Å². The Labute approximate surface area is 200 Å². The number of carbonyl (C=O) groups excluding carboxylic acids is 2. The quantitative estimate of drug-likeness (QED) is 0.367. The summed E-state index contributed by atoms with van der Waals surface area (Å²) < 4.78 is 5.02. The summed E-state index contributed by atoms with van der Waals surface area (Å²) >= 11 is 0. The van der Waals surface area contributed by atoms with Gasteiger partial charge in [-0.25, -0.2) is 4.79 Å². The van der Waals surface area contributed by atoms with Crippen molar-refractivity contribution in [3.05, 3.63) is 132 Å². The van der Waals surface area contributed by atoms with E-state index in [1.54, 1.807) is 0 Å². The molecular formula is C30H27NO3. The van der Waals surface area contributed by atoms with Crippen molar-refractivity contribution in [3.63, 3.8) is 0 Å². The van der Waals surface area contributed by atoms with E-state index in [0.717, 1.165) is 27.8 Å². The smallest absolute Gasteiger partial charge is 0.328 e. The molecule has 4 nitrogen and oxygen atoms in total. The van der Waals surface area contributed by atoms with Crippen LogP contribution < -0.4 is 5.32 Å². The molecule has 4 heteroatoms. The van der Waals surface area contributed by atoms with Crippen LogP contribution in [0, 0.1) is 0 Å². The van der Waals surface area contributed by atoms with Gasteiger partial charge in [-0.15, -0.1) is 0 Å². The number of esters is 1. The van der Waals surface area contributed by atoms with Crippen LogP contribution >= 0.6 is 0 Å². The third kappa shape index (κ3) is 5.59. The third-order valence-corrected chi connectivity index (χ3v) is 5.83. The van der Waals surface area contributed by atoms with Crippen molar-refractivity contribution >= 4 is 11.9 Å². The van der Waals surface area contributed by atoms with Gasteiger partial charge in [0.25, 0.3) is 0 Å². The van der Waals surface area contributed by atoms with E-state index in [1.165, 1.54) is 7.11 Å². The average molecular weight is 450 g/mol. The summed E-state index contributed by atoms with van der Waals surface area (Å²) in [6, 6.07) is 36.5. The van der Waals surface area contributed by atoms with E-state index in [2.05, 4.69) is 17.4 Å². The van der Waals surface area contributed by atoms with Gasteiger partial charge in [-0.2, -0.15) is 0 Å². The topological polar surface area (TPSA) is 55.4 Å². The maximum atomic E-state index is 13.5. The van der Waals surface area contributed by atoms with Crippen molar-refractivity contribution in [2.45, 2.75) is 18.4 Å². The molecule has 0 radical (unpaired) electrons. The van der Waals surface area contributed by atoms with E-state index in [0.29, 0.717) is 6.42 Å². The Kier molecular flexibility index (Phi) is 7.51. The molecular weight excluding hydrogens is 422 g/mol. The SMILES string of the molecule is COC(=O)[C@H](Cc1ccc(-c2ccccc2)cc1)NC(=O)C(c1ccccc1)c1ccccc1. The van der Waals surface area contributed by atoms with Crippen molar-refractivity contribution in [2.75, 3.05) is 7.11 Å². The molecule has 34 heavy (non-hydrogen) atoms. The van der Waals surface area contributed by atoms with Gasteiger partial charge in [-0.1, -0.05) is 115 Å². The molecule has 0 saturated carbocycles. The zero-order chi connectivity index (χ0) is 23.8. The Balaban J connectivity index is 1.55. The number of nitrogens with one attached hydrogen (secondary N) is 1. The van der Waals surface area contributed by atoms with E-state index in [9.17, 15) is 9.59 Å². The first-order chi connectivity index (χ1) is 16.7. The molecule has 170 valence electrons. The van der Waals surface area contributed by atoms with Crippen LogP contribution in [0.1, 0.15) is 22.6 Å². The fourth-order valence-electron chi connectivity index (χ4n) is 4.08. The first kappa shape index (κ1) is 23.0. The number of hydrogen-bond donors (Lipinski definition) is 1. The highest BCUT2D eigenvalue weighted by molar-refractivity contribution is 5.91. The zero-order valence-electron chi connectivity index (χ0n) is 19.1. The molecule has 1 N–H and O–H groups in total. The van der Waals surface area contributed by atoms with Gasteiger partial charge < -0.3 is 10.1 Å². The number of methoxy groups -OCH3 is 1. The van der Waals surface area contributed by atoms with E-state index < -0.39 is 17.9 Å². The predicted octanol–water partition coefficient (Wildman–Crippen LogP) is 5.39. The molecule has 0 aliphatic carbocycles. The lowest BCUT2D eigenvalue weighted by Crippen LogP contribution is -2.45. The Morgan fingerprint density at radius 1 is 0.676 bits per heavy atom. The molecule has 0 aliphatic heterocycles. The molecule has 1 atom stereocenters. The first-order valence-electron chi connectivity index (χ1n) is 11.3. The van der Waals surface area contributed by atoms with Crippen LogP contribution in [0.4, 0.5) is 0 Å². The highest BCUT2D eigenvalue weighted by Gasteiger charge is 2.28. The summed E-state index contributed by atoms with van der Waals surface area (Å²) in [5.41, 5.74) is 4.88. The van der Waals surface area contributed by atoms with Gasteiger partial charge in [0, 0.05) is 6.42 Å². The number of hydrogen-bond acceptors (Lipinski definition) is 3. The van der Waals surface area contributed by atoms with Crippen LogP contribution in [-0.4, -0.2) is 25.0 Å². The van der Waals surface area contributed by atoms with Crippen molar-refractivity contribution in [1.29, 1.82) is 0 Å². The number of rotatable bonds is 8. The van der Waals surface area contributed by atoms with Gasteiger partial charge in [0.15, 0.2) is 0 Å². The maximum Gasteiger partial charge on any atom is 0.328 e. The van der Waals surface area contributed by atoms with Gasteiger partial charge in [0.05, 0.1) is 13.0 Å². The molecule has 0 bridgehead atoms. The summed E-state index contributed by atoms with van der Waals surface area (Å²) in [7, 11) is 1.34. The lowest BCUT2D eigenvalue weighted by molar-refractivity contribution is -0.145. The normalized spacial score (nSPS) is 11.6. The molecule has 4 aromatic rings. The molecule has 0 fully saturated rings. The molecule has 0 aromatic heterocycles. The van der Waals surface area contributed by atoms with E-state index in [-0.39, 0.29) is 5.91 Å². The summed E-state index contributed by atoms with van der Waals surface area (Å²) in [6.07, 6.45) is 0.337. The van der Waals surface area contributed by atoms with E-state index in [1.807, 2.05) is 103 Å². The number of benzene rings is 4. The minimum atomic E-state index is -0.796. The monoisotopic (exact) mass is 449 g/mol. The summed E-state index contributed by atoms with van der Waals surface area (Å²) in [6.45, 7) is 0. The van der Waals surface area contributed by atoms with Crippen LogP contribution in [0.2, 0.25) is 0 Å². The molecule has 0 heterocycles. The Morgan fingerprint density at radius 3 is 1.65 bits per heavy atom. The Morgan fingerprint density at radius 2 is 1.15 bits per heavy atom. The molecule has 0 aliphatic rings. The molecule has 0 saturated heterocycles. The van der Waals surface area contributed by atoms with Gasteiger partial charge >= 0.3 is 5.97 Å². The molecule has 0 spiro atoms. The van der Waals surface area contributed by atoms with Crippen LogP contribution in [0.5, 0.6) is 0 Å². The van der Waals surface area contributed by atoms with E-state index in [4.69, 9.17) is 4.74 Å². The fraction of sp³-hybridized carbons (Fsp3) is 0.133. The Bertz CT molecular complexity index is 1170. The molecule has 1 amide bonds. The predicted molar refractivity (Wildman–Crippen MR) is 134 cm³/mol. The minimum absolute atomic E-state index is 0.242. The zero-order valence-corrected chi connectivity index (χ0v) is 19.1. The van der Waals surface area contributed by atoms with Crippen LogP contribution in [0.3, 0.4) is 0 Å².